The molecule has 5 heteroatoms. The van der Waals surface area contributed by atoms with Crippen LogP contribution in [-0.2, 0) is 0 Å². The maximum atomic E-state index is 12.9. The van der Waals surface area contributed by atoms with Crippen LogP contribution in [0.15, 0.2) is 36.4 Å². The van der Waals surface area contributed by atoms with Crippen molar-refractivity contribution in [3.63, 3.8) is 0 Å². The summed E-state index contributed by atoms with van der Waals surface area (Å²) in [6.45, 7) is 1.83. The van der Waals surface area contributed by atoms with Gasteiger partial charge in [-0.15, -0.1) is 0 Å². The Hall–Kier alpha value is -2.07. The predicted octanol–water partition coefficient (Wildman–Crippen LogP) is 3.86. The van der Waals surface area contributed by atoms with Crippen molar-refractivity contribution >= 4 is 17.4 Å². The monoisotopic (exact) mass is 278 g/mol. The quantitative estimate of drug-likeness (QED) is 0.661. The van der Waals surface area contributed by atoms with E-state index < -0.39 is 5.82 Å². The van der Waals surface area contributed by atoms with Crippen LogP contribution in [-0.4, -0.2) is 5.84 Å². The van der Waals surface area contributed by atoms with Gasteiger partial charge in [-0.1, -0.05) is 11.6 Å². The molecule has 0 unspecified atom stereocenters. The van der Waals surface area contributed by atoms with E-state index >= 15 is 0 Å². The molecule has 0 saturated carbocycles. The normalized spacial score (nSPS) is 10.3. The molecule has 3 N–H and O–H groups in total. The van der Waals surface area contributed by atoms with Gasteiger partial charge in [-0.2, -0.15) is 0 Å². The van der Waals surface area contributed by atoms with Gasteiger partial charge in [0.1, 0.15) is 23.2 Å². The van der Waals surface area contributed by atoms with Crippen molar-refractivity contribution in [3.05, 3.63) is 58.4 Å². The first-order valence-electron chi connectivity index (χ1n) is 5.55. The first-order chi connectivity index (χ1) is 8.97. The largest absolute Gasteiger partial charge is 0.456 e. The summed E-state index contributed by atoms with van der Waals surface area (Å²) in [4.78, 5) is 0. The van der Waals surface area contributed by atoms with Gasteiger partial charge < -0.3 is 10.5 Å². The Morgan fingerprint density at radius 1 is 1.26 bits per heavy atom. The van der Waals surface area contributed by atoms with E-state index in [1.165, 1.54) is 18.2 Å². The summed E-state index contributed by atoms with van der Waals surface area (Å²) < 4.78 is 18.5. The molecule has 0 aliphatic rings. The SMILES string of the molecule is Cc1cc(Oc2ccc(F)cc2Cl)ccc1C(=N)N. The number of aryl methyl sites for hydroxylation is 1. The molecule has 0 aliphatic heterocycles. The molecule has 0 radical (unpaired) electrons. The minimum atomic E-state index is -0.416. The van der Waals surface area contributed by atoms with Gasteiger partial charge in [0.05, 0.1) is 5.02 Å². The molecule has 2 rings (SSSR count). The van der Waals surface area contributed by atoms with Crippen LogP contribution in [0.25, 0.3) is 0 Å². The number of amidine groups is 1. The van der Waals surface area contributed by atoms with E-state index in [1.54, 1.807) is 18.2 Å². The molecule has 0 heterocycles. The minimum absolute atomic E-state index is 0.00358. The smallest absolute Gasteiger partial charge is 0.146 e. The zero-order valence-corrected chi connectivity index (χ0v) is 11.0. The summed E-state index contributed by atoms with van der Waals surface area (Å²) in [5.41, 5.74) is 6.91. The van der Waals surface area contributed by atoms with Crippen molar-refractivity contribution < 1.29 is 9.13 Å². The zero-order chi connectivity index (χ0) is 14.0. The number of halogens is 2. The van der Waals surface area contributed by atoms with E-state index in [4.69, 9.17) is 27.5 Å². The number of hydrogen-bond donors (Lipinski definition) is 2. The summed E-state index contributed by atoms with van der Waals surface area (Å²) >= 11 is 5.88. The average molecular weight is 279 g/mol. The van der Waals surface area contributed by atoms with Crippen molar-refractivity contribution in [1.29, 1.82) is 5.41 Å². The number of rotatable bonds is 3. The third-order valence-electron chi connectivity index (χ3n) is 2.61. The molecule has 0 aliphatic carbocycles. The second kappa shape index (κ2) is 5.28. The van der Waals surface area contributed by atoms with Crippen LogP contribution in [0.2, 0.25) is 5.02 Å². The lowest BCUT2D eigenvalue weighted by molar-refractivity contribution is 0.480. The van der Waals surface area contributed by atoms with Gasteiger partial charge in [-0.25, -0.2) is 4.39 Å². The Morgan fingerprint density at radius 3 is 2.58 bits per heavy atom. The van der Waals surface area contributed by atoms with E-state index in [0.717, 1.165) is 5.56 Å². The number of benzene rings is 2. The van der Waals surface area contributed by atoms with Crippen LogP contribution in [0.4, 0.5) is 4.39 Å². The Morgan fingerprint density at radius 2 is 2.00 bits per heavy atom. The number of nitrogens with two attached hydrogens (primary N) is 1. The molecule has 19 heavy (non-hydrogen) atoms. The second-order valence-corrected chi connectivity index (χ2v) is 4.47. The molecule has 0 amide bonds. The molecule has 2 aromatic rings. The standard InChI is InChI=1S/C14H12ClFN2O/c1-8-6-10(3-4-11(8)14(17)18)19-13-5-2-9(16)7-12(13)15/h2-7H,1H3,(H3,17,18). The van der Waals surface area contributed by atoms with Gasteiger partial charge in [-0.05, 0) is 48.9 Å². The summed E-state index contributed by atoms with van der Waals surface area (Å²) in [6.07, 6.45) is 0. The van der Waals surface area contributed by atoms with Crippen LogP contribution in [0.5, 0.6) is 11.5 Å². The van der Waals surface area contributed by atoms with Gasteiger partial charge >= 0.3 is 0 Å². The van der Waals surface area contributed by atoms with Gasteiger partial charge in [0.25, 0.3) is 0 Å². The minimum Gasteiger partial charge on any atom is -0.456 e. The van der Waals surface area contributed by atoms with Gasteiger partial charge in [0.15, 0.2) is 0 Å². The number of ether oxygens (including phenoxy) is 1. The lowest BCUT2D eigenvalue weighted by Gasteiger charge is -2.10. The van der Waals surface area contributed by atoms with Crippen LogP contribution >= 0.6 is 11.6 Å². The average Bonchev–Trinajstić information content (AvgIpc) is 2.32. The van der Waals surface area contributed by atoms with Gasteiger partial charge in [0, 0.05) is 5.56 Å². The molecule has 0 saturated heterocycles. The zero-order valence-electron chi connectivity index (χ0n) is 10.2. The van der Waals surface area contributed by atoms with Gasteiger partial charge in [0.2, 0.25) is 0 Å². The summed E-state index contributed by atoms with van der Waals surface area (Å²) in [6, 6.07) is 9.06. The van der Waals surface area contributed by atoms with E-state index in [0.29, 0.717) is 17.1 Å². The first-order valence-corrected chi connectivity index (χ1v) is 5.93. The highest BCUT2D eigenvalue weighted by Crippen LogP contribution is 2.30. The van der Waals surface area contributed by atoms with Crippen LogP contribution in [0.3, 0.4) is 0 Å². The van der Waals surface area contributed by atoms with E-state index in [9.17, 15) is 4.39 Å². The lowest BCUT2D eigenvalue weighted by atomic mass is 10.1. The molecule has 2 aromatic carbocycles. The van der Waals surface area contributed by atoms with Crippen molar-refractivity contribution in [2.24, 2.45) is 5.73 Å². The van der Waals surface area contributed by atoms with Crippen molar-refractivity contribution in [1.82, 2.24) is 0 Å². The summed E-state index contributed by atoms with van der Waals surface area (Å²) in [5, 5.41) is 7.60. The highest BCUT2D eigenvalue weighted by molar-refractivity contribution is 6.32. The van der Waals surface area contributed by atoms with E-state index in [1.807, 2.05) is 6.92 Å². The Labute approximate surface area is 115 Å². The Balaban J connectivity index is 2.29. The number of nitrogen functional groups attached to an aromatic ring is 1. The molecule has 0 bridgehead atoms. The van der Waals surface area contributed by atoms with Crippen LogP contribution in [0, 0.1) is 18.2 Å². The van der Waals surface area contributed by atoms with E-state index in [2.05, 4.69) is 0 Å². The summed E-state index contributed by atoms with van der Waals surface area (Å²) in [5.74, 6) is 0.512. The van der Waals surface area contributed by atoms with Crippen molar-refractivity contribution in [2.45, 2.75) is 6.92 Å². The molecular formula is C14H12ClFN2O. The summed E-state index contributed by atoms with van der Waals surface area (Å²) in [7, 11) is 0. The third-order valence-corrected chi connectivity index (χ3v) is 2.91. The molecular weight excluding hydrogens is 267 g/mol. The Bertz CT molecular complexity index is 643. The van der Waals surface area contributed by atoms with Crippen LogP contribution < -0.4 is 10.5 Å². The molecule has 0 fully saturated rings. The second-order valence-electron chi connectivity index (χ2n) is 4.07. The highest BCUT2D eigenvalue weighted by Gasteiger charge is 2.07. The Kier molecular flexibility index (Phi) is 3.71. The fraction of sp³-hybridized carbons (Fsp3) is 0.0714. The first kappa shape index (κ1) is 13.4. The molecule has 0 aromatic heterocycles. The third kappa shape index (κ3) is 3.03. The number of hydrogen-bond acceptors (Lipinski definition) is 2. The maximum absolute atomic E-state index is 12.9. The predicted molar refractivity (Wildman–Crippen MR) is 73.7 cm³/mol. The fourth-order valence-electron chi connectivity index (χ4n) is 1.69. The lowest BCUT2D eigenvalue weighted by Crippen LogP contribution is -2.12. The number of nitrogens with one attached hydrogen (secondary N) is 1. The van der Waals surface area contributed by atoms with Crippen molar-refractivity contribution in [2.75, 3.05) is 0 Å². The molecule has 0 spiro atoms. The fourth-order valence-corrected chi connectivity index (χ4v) is 1.89. The topological polar surface area (TPSA) is 59.1 Å². The van der Waals surface area contributed by atoms with E-state index in [-0.39, 0.29) is 10.9 Å². The van der Waals surface area contributed by atoms with Gasteiger partial charge in [-0.3, -0.25) is 5.41 Å². The molecule has 98 valence electrons. The van der Waals surface area contributed by atoms with Crippen molar-refractivity contribution in [3.8, 4) is 11.5 Å². The van der Waals surface area contributed by atoms with Crippen LogP contribution in [0.1, 0.15) is 11.1 Å². The maximum Gasteiger partial charge on any atom is 0.146 e. The molecule has 3 nitrogen and oxygen atoms in total. The molecule has 0 atom stereocenters. The highest BCUT2D eigenvalue weighted by atomic mass is 35.5.